The molecule has 0 amide bonds. The summed E-state index contributed by atoms with van der Waals surface area (Å²) in [5, 5.41) is 12.4. The molecule has 0 spiro atoms. The summed E-state index contributed by atoms with van der Waals surface area (Å²) >= 11 is 0. The van der Waals surface area contributed by atoms with Gasteiger partial charge in [0, 0.05) is 12.6 Å². The van der Waals surface area contributed by atoms with Crippen LogP contribution in [0.3, 0.4) is 0 Å². The first-order chi connectivity index (χ1) is 5.18. The Bertz CT molecular complexity index is 114. The van der Waals surface area contributed by atoms with Gasteiger partial charge >= 0.3 is 0 Å². The molecular formula is C9H19NO. The Kier molecular flexibility index (Phi) is 3.34. The van der Waals surface area contributed by atoms with Crippen LogP contribution in [0.15, 0.2) is 0 Å². The minimum absolute atomic E-state index is 0.203. The number of hydrogen-bond donors (Lipinski definition) is 2. The van der Waals surface area contributed by atoms with Gasteiger partial charge in [-0.05, 0) is 32.1 Å². The van der Waals surface area contributed by atoms with Crippen LogP contribution in [-0.2, 0) is 0 Å². The minimum atomic E-state index is -0.203. The van der Waals surface area contributed by atoms with Crippen LogP contribution in [0, 0.1) is 5.92 Å². The normalized spacial score (nSPS) is 34.1. The third kappa shape index (κ3) is 3.21. The lowest BCUT2D eigenvalue weighted by atomic mass is 10.1. The van der Waals surface area contributed by atoms with Gasteiger partial charge < -0.3 is 10.4 Å². The zero-order valence-corrected chi connectivity index (χ0v) is 7.51. The predicted molar refractivity (Wildman–Crippen MR) is 46.5 cm³/mol. The molecule has 1 fully saturated rings. The molecule has 0 aromatic rings. The second-order valence-electron chi connectivity index (χ2n) is 3.87. The third-order valence-corrected chi connectivity index (χ3v) is 2.40. The van der Waals surface area contributed by atoms with Crippen molar-refractivity contribution in [2.75, 3.05) is 6.54 Å². The van der Waals surface area contributed by atoms with Crippen LogP contribution in [0.1, 0.15) is 33.1 Å². The Morgan fingerprint density at radius 3 is 2.73 bits per heavy atom. The van der Waals surface area contributed by atoms with Crippen LogP contribution >= 0.6 is 0 Å². The molecule has 2 heteroatoms. The number of hydrogen-bond acceptors (Lipinski definition) is 2. The van der Waals surface area contributed by atoms with E-state index in [0.29, 0.717) is 6.04 Å². The van der Waals surface area contributed by atoms with E-state index in [1.807, 2.05) is 6.92 Å². The molecule has 2 N–H and O–H groups in total. The first kappa shape index (κ1) is 9.01. The van der Waals surface area contributed by atoms with Crippen LogP contribution in [0.25, 0.3) is 0 Å². The van der Waals surface area contributed by atoms with E-state index in [4.69, 9.17) is 5.11 Å². The topological polar surface area (TPSA) is 32.3 Å². The molecule has 0 radical (unpaired) electrons. The Balaban J connectivity index is 2.08. The van der Waals surface area contributed by atoms with Gasteiger partial charge in [0.15, 0.2) is 0 Å². The van der Waals surface area contributed by atoms with Crippen molar-refractivity contribution in [3.05, 3.63) is 0 Å². The van der Waals surface area contributed by atoms with Gasteiger partial charge in [-0.3, -0.25) is 0 Å². The number of aliphatic hydroxyl groups is 1. The largest absolute Gasteiger partial charge is 0.392 e. The molecule has 1 aliphatic carbocycles. The van der Waals surface area contributed by atoms with Crippen molar-refractivity contribution in [3.8, 4) is 0 Å². The molecule has 66 valence electrons. The van der Waals surface area contributed by atoms with Gasteiger partial charge in [0.05, 0.1) is 6.10 Å². The fourth-order valence-electron chi connectivity index (χ4n) is 1.73. The first-order valence-corrected chi connectivity index (χ1v) is 4.60. The lowest BCUT2D eigenvalue weighted by molar-refractivity contribution is 0.186. The van der Waals surface area contributed by atoms with E-state index in [1.165, 1.54) is 19.3 Å². The highest BCUT2D eigenvalue weighted by atomic mass is 16.3. The maximum Gasteiger partial charge on any atom is 0.0636 e. The smallest absolute Gasteiger partial charge is 0.0636 e. The molecule has 0 aromatic heterocycles. The maximum absolute atomic E-state index is 9.02. The highest BCUT2D eigenvalue weighted by Crippen LogP contribution is 2.24. The molecule has 3 atom stereocenters. The van der Waals surface area contributed by atoms with Crippen molar-refractivity contribution < 1.29 is 5.11 Å². The molecule has 1 rings (SSSR count). The lowest BCUT2D eigenvalue weighted by Gasteiger charge is -2.13. The third-order valence-electron chi connectivity index (χ3n) is 2.40. The Hall–Kier alpha value is -0.0800. The summed E-state index contributed by atoms with van der Waals surface area (Å²) in [6.45, 7) is 4.87. The fraction of sp³-hybridized carbons (Fsp3) is 1.00. The van der Waals surface area contributed by atoms with Crippen molar-refractivity contribution in [2.24, 2.45) is 5.92 Å². The summed E-state index contributed by atoms with van der Waals surface area (Å²) in [4.78, 5) is 0. The summed E-state index contributed by atoms with van der Waals surface area (Å²) < 4.78 is 0. The van der Waals surface area contributed by atoms with Gasteiger partial charge in [-0.1, -0.05) is 6.92 Å². The molecule has 0 bridgehead atoms. The number of nitrogens with one attached hydrogen (secondary N) is 1. The van der Waals surface area contributed by atoms with Gasteiger partial charge in [0.25, 0.3) is 0 Å². The summed E-state index contributed by atoms with van der Waals surface area (Å²) in [5.41, 5.74) is 0. The van der Waals surface area contributed by atoms with Gasteiger partial charge in [-0.15, -0.1) is 0 Å². The summed E-state index contributed by atoms with van der Waals surface area (Å²) in [6, 6.07) is 0.666. The fourth-order valence-corrected chi connectivity index (χ4v) is 1.73. The Morgan fingerprint density at radius 2 is 2.27 bits per heavy atom. The van der Waals surface area contributed by atoms with Crippen molar-refractivity contribution >= 4 is 0 Å². The molecule has 0 unspecified atom stereocenters. The SMILES string of the molecule is C[C@@H]1CC[C@H](NC[C@@H](C)O)C1. The van der Waals surface area contributed by atoms with Crippen LogP contribution in [0.4, 0.5) is 0 Å². The Morgan fingerprint density at radius 1 is 1.55 bits per heavy atom. The Labute approximate surface area is 69.0 Å². The van der Waals surface area contributed by atoms with E-state index in [-0.39, 0.29) is 6.10 Å². The predicted octanol–water partition coefficient (Wildman–Crippen LogP) is 1.15. The molecule has 2 nitrogen and oxygen atoms in total. The van der Waals surface area contributed by atoms with Crippen LogP contribution in [0.5, 0.6) is 0 Å². The highest BCUT2D eigenvalue weighted by molar-refractivity contribution is 4.78. The van der Waals surface area contributed by atoms with E-state index in [2.05, 4.69) is 12.2 Å². The molecule has 0 aliphatic heterocycles. The monoisotopic (exact) mass is 157 g/mol. The maximum atomic E-state index is 9.02. The van der Waals surface area contributed by atoms with E-state index >= 15 is 0 Å². The average Bonchev–Trinajstić information content (AvgIpc) is 2.31. The highest BCUT2D eigenvalue weighted by Gasteiger charge is 2.20. The molecular weight excluding hydrogens is 138 g/mol. The van der Waals surface area contributed by atoms with Crippen LogP contribution < -0.4 is 5.32 Å². The van der Waals surface area contributed by atoms with Crippen LogP contribution in [0.2, 0.25) is 0 Å². The molecule has 0 aromatic carbocycles. The number of aliphatic hydroxyl groups excluding tert-OH is 1. The second kappa shape index (κ2) is 4.07. The quantitative estimate of drug-likeness (QED) is 0.644. The number of rotatable bonds is 3. The average molecular weight is 157 g/mol. The standard InChI is InChI=1S/C9H19NO/c1-7-3-4-9(5-7)10-6-8(2)11/h7-11H,3-6H2,1-2H3/t7-,8-,9+/m1/s1. The van der Waals surface area contributed by atoms with E-state index in [1.54, 1.807) is 0 Å². The first-order valence-electron chi connectivity index (χ1n) is 4.60. The van der Waals surface area contributed by atoms with Gasteiger partial charge in [-0.2, -0.15) is 0 Å². The second-order valence-corrected chi connectivity index (χ2v) is 3.87. The van der Waals surface area contributed by atoms with Crippen molar-refractivity contribution in [1.29, 1.82) is 0 Å². The van der Waals surface area contributed by atoms with Crippen molar-refractivity contribution in [2.45, 2.75) is 45.3 Å². The molecule has 1 aliphatic rings. The molecule has 0 saturated heterocycles. The van der Waals surface area contributed by atoms with Crippen molar-refractivity contribution in [3.63, 3.8) is 0 Å². The molecule has 0 heterocycles. The van der Waals surface area contributed by atoms with Gasteiger partial charge in [0.1, 0.15) is 0 Å². The molecule has 11 heavy (non-hydrogen) atoms. The lowest BCUT2D eigenvalue weighted by Crippen LogP contribution is -2.32. The van der Waals surface area contributed by atoms with Crippen molar-refractivity contribution in [1.82, 2.24) is 5.32 Å². The zero-order chi connectivity index (χ0) is 8.27. The summed E-state index contributed by atoms with van der Waals surface area (Å²) in [6.07, 6.45) is 3.71. The van der Waals surface area contributed by atoms with Gasteiger partial charge in [-0.25, -0.2) is 0 Å². The summed E-state index contributed by atoms with van der Waals surface area (Å²) in [7, 11) is 0. The minimum Gasteiger partial charge on any atom is -0.392 e. The zero-order valence-electron chi connectivity index (χ0n) is 7.51. The van der Waals surface area contributed by atoms with E-state index < -0.39 is 0 Å². The van der Waals surface area contributed by atoms with E-state index in [0.717, 1.165) is 12.5 Å². The van der Waals surface area contributed by atoms with Crippen LogP contribution in [-0.4, -0.2) is 23.8 Å². The summed E-state index contributed by atoms with van der Waals surface area (Å²) in [5.74, 6) is 0.876. The van der Waals surface area contributed by atoms with Gasteiger partial charge in [0.2, 0.25) is 0 Å². The van der Waals surface area contributed by atoms with E-state index in [9.17, 15) is 0 Å². The molecule has 1 saturated carbocycles.